The van der Waals surface area contributed by atoms with Crippen LogP contribution in [0.3, 0.4) is 0 Å². The summed E-state index contributed by atoms with van der Waals surface area (Å²) in [6.45, 7) is 13.8. The lowest BCUT2D eigenvalue weighted by Gasteiger charge is -2.28. The monoisotopic (exact) mass is 182 g/mol. The molecule has 0 aromatic rings. The lowest BCUT2D eigenvalue weighted by Crippen LogP contribution is -2.18. The van der Waals surface area contributed by atoms with Gasteiger partial charge in [0.2, 0.25) is 0 Å². The first kappa shape index (κ1) is 12.7. The fraction of sp³-hybridized carbons (Fsp3) is 0.846. The summed E-state index contributed by atoms with van der Waals surface area (Å²) in [5.41, 5.74) is 0.509. The van der Waals surface area contributed by atoms with Crippen molar-refractivity contribution in [2.24, 2.45) is 17.3 Å². The molecule has 0 bridgehead atoms. The number of hydrogen-bond acceptors (Lipinski definition) is 0. The molecule has 0 heterocycles. The Kier molecular flexibility index (Phi) is 5.36. The van der Waals surface area contributed by atoms with Gasteiger partial charge < -0.3 is 0 Å². The fourth-order valence-corrected chi connectivity index (χ4v) is 1.70. The molecule has 78 valence electrons. The van der Waals surface area contributed by atoms with Gasteiger partial charge in [0, 0.05) is 0 Å². The molecule has 2 atom stereocenters. The Morgan fingerprint density at radius 2 is 1.77 bits per heavy atom. The molecular weight excluding hydrogens is 156 g/mol. The molecule has 0 aliphatic heterocycles. The van der Waals surface area contributed by atoms with Gasteiger partial charge in [0.25, 0.3) is 0 Å². The van der Waals surface area contributed by atoms with Crippen LogP contribution in [-0.2, 0) is 0 Å². The molecule has 0 saturated carbocycles. The maximum absolute atomic E-state index is 2.37. The highest BCUT2D eigenvalue weighted by atomic mass is 14.3. The molecule has 0 fully saturated rings. The molecular formula is C13H26. The van der Waals surface area contributed by atoms with Crippen LogP contribution in [0.1, 0.15) is 54.4 Å². The molecule has 0 aliphatic carbocycles. The maximum Gasteiger partial charge on any atom is -0.0236 e. The van der Waals surface area contributed by atoms with E-state index in [9.17, 15) is 0 Å². The summed E-state index contributed by atoms with van der Waals surface area (Å²) in [6.07, 6.45) is 7.09. The molecule has 0 N–H and O–H groups in total. The third-order valence-corrected chi connectivity index (χ3v) is 3.23. The van der Waals surface area contributed by atoms with Crippen molar-refractivity contribution in [3.63, 3.8) is 0 Å². The molecule has 0 heteroatoms. The molecule has 0 nitrogen and oxygen atoms in total. The van der Waals surface area contributed by atoms with Crippen LogP contribution in [0.25, 0.3) is 0 Å². The summed E-state index contributed by atoms with van der Waals surface area (Å²) in [6, 6.07) is 0. The molecule has 0 amide bonds. The van der Waals surface area contributed by atoms with Crippen molar-refractivity contribution in [1.29, 1.82) is 0 Å². The smallest absolute Gasteiger partial charge is 0.0236 e. The van der Waals surface area contributed by atoms with Gasteiger partial charge >= 0.3 is 0 Å². The number of allylic oxidation sites excluding steroid dienone is 2. The van der Waals surface area contributed by atoms with Crippen LogP contribution in [-0.4, -0.2) is 0 Å². The minimum Gasteiger partial charge on any atom is -0.0914 e. The summed E-state index contributed by atoms with van der Waals surface area (Å²) in [4.78, 5) is 0. The Morgan fingerprint density at radius 3 is 2.15 bits per heavy atom. The fourth-order valence-electron chi connectivity index (χ4n) is 1.70. The lowest BCUT2D eigenvalue weighted by molar-refractivity contribution is 0.241. The van der Waals surface area contributed by atoms with E-state index in [-0.39, 0.29) is 0 Å². The highest BCUT2D eigenvalue weighted by Gasteiger charge is 2.21. The number of hydrogen-bond donors (Lipinski definition) is 0. The first-order valence-corrected chi connectivity index (χ1v) is 5.55. The molecule has 0 aromatic heterocycles. The van der Waals surface area contributed by atoms with Gasteiger partial charge in [-0.2, -0.15) is 0 Å². The average molecular weight is 182 g/mol. The van der Waals surface area contributed by atoms with Crippen LogP contribution >= 0.6 is 0 Å². The quantitative estimate of drug-likeness (QED) is 0.542. The van der Waals surface area contributed by atoms with E-state index < -0.39 is 0 Å². The van der Waals surface area contributed by atoms with Crippen molar-refractivity contribution in [3.05, 3.63) is 12.2 Å². The van der Waals surface area contributed by atoms with Crippen LogP contribution < -0.4 is 0 Å². The summed E-state index contributed by atoms with van der Waals surface area (Å²) in [7, 11) is 0. The van der Waals surface area contributed by atoms with Gasteiger partial charge in [-0.1, -0.05) is 53.2 Å². The maximum atomic E-state index is 2.37. The first-order chi connectivity index (χ1) is 5.93. The normalized spacial score (nSPS) is 17.7. The first-order valence-electron chi connectivity index (χ1n) is 5.55. The zero-order valence-electron chi connectivity index (χ0n) is 10.2. The van der Waals surface area contributed by atoms with E-state index in [0.717, 1.165) is 11.8 Å². The summed E-state index contributed by atoms with van der Waals surface area (Å²) < 4.78 is 0. The molecule has 2 unspecified atom stereocenters. The van der Waals surface area contributed by atoms with E-state index in [4.69, 9.17) is 0 Å². The van der Waals surface area contributed by atoms with Crippen LogP contribution in [0.5, 0.6) is 0 Å². The van der Waals surface area contributed by atoms with Gasteiger partial charge in [0.05, 0.1) is 0 Å². The van der Waals surface area contributed by atoms with Crippen molar-refractivity contribution in [1.82, 2.24) is 0 Å². The molecule has 0 rings (SSSR count). The molecule has 0 saturated heterocycles. The summed E-state index contributed by atoms with van der Waals surface area (Å²) >= 11 is 0. The zero-order valence-corrected chi connectivity index (χ0v) is 10.2. The lowest BCUT2D eigenvalue weighted by atomic mass is 9.77. The minimum atomic E-state index is 0.509. The van der Waals surface area contributed by atoms with Gasteiger partial charge in [-0.15, -0.1) is 0 Å². The molecule has 0 spiro atoms. The van der Waals surface area contributed by atoms with Gasteiger partial charge in [-0.25, -0.2) is 0 Å². The molecule has 0 radical (unpaired) electrons. The SMILES string of the molecule is C/C=C\C(C)C(C)CC(C)(C)CC. The summed E-state index contributed by atoms with van der Waals surface area (Å²) in [5, 5.41) is 0. The molecule has 0 aromatic carbocycles. The second kappa shape index (κ2) is 5.47. The van der Waals surface area contributed by atoms with Crippen molar-refractivity contribution in [2.45, 2.75) is 54.4 Å². The van der Waals surface area contributed by atoms with E-state index >= 15 is 0 Å². The minimum absolute atomic E-state index is 0.509. The van der Waals surface area contributed by atoms with E-state index in [2.05, 4.69) is 53.7 Å². The summed E-state index contributed by atoms with van der Waals surface area (Å²) in [5.74, 6) is 1.52. The van der Waals surface area contributed by atoms with Crippen LogP contribution in [0, 0.1) is 17.3 Å². The van der Waals surface area contributed by atoms with Gasteiger partial charge in [-0.05, 0) is 30.6 Å². The third-order valence-electron chi connectivity index (χ3n) is 3.23. The second-order valence-corrected chi connectivity index (χ2v) is 5.08. The largest absolute Gasteiger partial charge is 0.0914 e. The highest BCUT2D eigenvalue weighted by Crippen LogP contribution is 2.32. The van der Waals surface area contributed by atoms with Gasteiger partial charge in [-0.3, -0.25) is 0 Å². The predicted octanol–water partition coefficient (Wildman–Crippen LogP) is 4.66. The topological polar surface area (TPSA) is 0 Å². The second-order valence-electron chi connectivity index (χ2n) is 5.08. The van der Waals surface area contributed by atoms with E-state index in [1.165, 1.54) is 12.8 Å². The number of rotatable bonds is 5. The van der Waals surface area contributed by atoms with Crippen LogP contribution in [0.4, 0.5) is 0 Å². The molecule has 0 aliphatic rings. The van der Waals surface area contributed by atoms with E-state index in [1.807, 2.05) is 0 Å². The van der Waals surface area contributed by atoms with E-state index in [1.54, 1.807) is 0 Å². The van der Waals surface area contributed by atoms with Gasteiger partial charge in [0.15, 0.2) is 0 Å². The average Bonchev–Trinajstić information content (AvgIpc) is 2.04. The standard InChI is InChI=1S/C13H26/c1-7-9-11(3)12(4)10-13(5,6)8-2/h7,9,11-12H,8,10H2,1-6H3/b9-7-. The van der Waals surface area contributed by atoms with Crippen molar-refractivity contribution < 1.29 is 0 Å². The molecule has 13 heavy (non-hydrogen) atoms. The zero-order chi connectivity index (χ0) is 10.5. The van der Waals surface area contributed by atoms with Gasteiger partial charge in [0.1, 0.15) is 0 Å². The third kappa shape index (κ3) is 5.13. The van der Waals surface area contributed by atoms with Crippen LogP contribution in [0.15, 0.2) is 12.2 Å². The Hall–Kier alpha value is -0.260. The van der Waals surface area contributed by atoms with Crippen molar-refractivity contribution >= 4 is 0 Å². The Balaban J connectivity index is 4.06. The highest BCUT2D eigenvalue weighted by molar-refractivity contribution is 4.87. The Bertz CT molecular complexity index is 153. The van der Waals surface area contributed by atoms with Crippen molar-refractivity contribution in [3.8, 4) is 0 Å². The Morgan fingerprint density at radius 1 is 1.23 bits per heavy atom. The van der Waals surface area contributed by atoms with E-state index in [0.29, 0.717) is 5.41 Å². The van der Waals surface area contributed by atoms with Crippen molar-refractivity contribution in [2.75, 3.05) is 0 Å². The Labute approximate surface area is 84.4 Å². The predicted molar refractivity (Wildman–Crippen MR) is 61.8 cm³/mol. The van der Waals surface area contributed by atoms with Crippen LogP contribution in [0.2, 0.25) is 0 Å².